The molecule has 0 aliphatic heterocycles. The summed E-state index contributed by atoms with van der Waals surface area (Å²) >= 11 is 1.63. The number of aryl methyl sites for hydroxylation is 1. The molecule has 0 aliphatic carbocycles. The number of thiophene rings is 1. The summed E-state index contributed by atoms with van der Waals surface area (Å²) in [6, 6.07) is 7.92. The first-order valence-electron chi connectivity index (χ1n) is 6.62. The summed E-state index contributed by atoms with van der Waals surface area (Å²) in [5, 5.41) is 2.00. The first kappa shape index (κ1) is 13.0. The van der Waals surface area contributed by atoms with E-state index >= 15 is 0 Å². The summed E-state index contributed by atoms with van der Waals surface area (Å²) in [6.07, 6.45) is 1.05. The number of hydrogen-bond acceptors (Lipinski definition) is 4. The number of benzene rings is 1. The molecule has 0 bridgehead atoms. The molecule has 3 aromatic rings. The smallest absolute Gasteiger partial charge is 0.153 e. The van der Waals surface area contributed by atoms with Gasteiger partial charge in [-0.25, -0.2) is 4.98 Å². The van der Waals surface area contributed by atoms with E-state index in [9.17, 15) is 0 Å². The summed E-state index contributed by atoms with van der Waals surface area (Å²) < 4.78 is 7.51. The zero-order valence-electron chi connectivity index (χ0n) is 11.6. The van der Waals surface area contributed by atoms with Gasteiger partial charge in [0.1, 0.15) is 5.75 Å². The summed E-state index contributed by atoms with van der Waals surface area (Å²) in [6.45, 7) is 3.09. The average Bonchev–Trinajstić information content (AvgIpc) is 3.02. The van der Waals surface area contributed by atoms with Crippen molar-refractivity contribution in [2.75, 3.05) is 12.8 Å². The number of ether oxygens (including phenoxy) is 1. The third-order valence-electron chi connectivity index (χ3n) is 3.30. The molecule has 0 spiro atoms. The Morgan fingerprint density at radius 2 is 2.20 bits per heavy atom. The molecule has 5 heteroatoms. The molecule has 0 radical (unpaired) electrons. The monoisotopic (exact) mass is 287 g/mol. The van der Waals surface area contributed by atoms with Gasteiger partial charge in [-0.15, -0.1) is 11.3 Å². The lowest BCUT2D eigenvalue weighted by molar-refractivity contribution is 0.415. The van der Waals surface area contributed by atoms with Crippen molar-refractivity contribution < 1.29 is 4.74 Å². The Morgan fingerprint density at radius 1 is 1.35 bits per heavy atom. The normalized spacial score (nSPS) is 11.1. The second-order valence-electron chi connectivity index (χ2n) is 4.65. The Balaban J connectivity index is 2.25. The highest BCUT2D eigenvalue weighted by molar-refractivity contribution is 7.14. The van der Waals surface area contributed by atoms with Crippen molar-refractivity contribution in [1.82, 2.24) is 9.55 Å². The lowest BCUT2D eigenvalue weighted by Gasteiger charge is -2.07. The second-order valence-corrected chi connectivity index (χ2v) is 5.56. The Morgan fingerprint density at radius 3 is 2.85 bits per heavy atom. The topological polar surface area (TPSA) is 53.1 Å². The van der Waals surface area contributed by atoms with Gasteiger partial charge in [0, 0.05) is 12.6 Å². The largest absolute Gasteiger partial charge is 0.497 e. The van der Waals surface area contributed by atoms with Crippen LogP contribution in [-0.4, -0.2) is 16.7 Å². The number of methoxy groups -OCH3 is 1. The van der Waals surface area contributed by atoms with E-state index in [0.29, 0.717) is 0 Å². The molecule has 3 rings (SSSR count). The number of nitrogens with zero attached hydrogens (tertiary/aromatic N) is 2. The van der Waals surface area contributed by atoms with Gasteiger partial charge in [-0.1, -0.05) is 6.92 Å². The van der Waals surface area contributed by atoms with Crippen molar-refractivity contribution in [3.63, 3.8) is 0 Å². The van der Waals surface area contributed by atoms with E-state index < -0.39 is 0 Å². The molecule has 2 aromatic heterocycles. The highest BCUT2D eigenvalue weighted by atomic mass is 32.1. The van der Waals surface area contributed by atoms with Gasteiger partial charge in [-0.05, 0) is 30.0 Å². The third kappa shape index (κ3) is 2.04. The molecule has 0 unspecified atom stereocenters. The SMILES string of the molecule is CCCn1c(-c2sccc2N)nc2cc(OC)ccc21. The van der Waals surface area contributed by atoms with Crippen molar-refractivity contribution in [3.05, 3.63) is 29.6 Å². The lowest BCUT2D eigenvalue weighted by atomic mass is 10.3. The molecule has 104 valence electrons. The minimum Gasteiger partial charge on any atom is -0.497 e. The van der Waals surface area contributed by atoms with Crippen molar-refractivity contribution >= 4 is 28.1 Å². The predicted octanol–water partition coefficient (Wildman–Crippen LogP) is 3.77. The van der Waals surface area contributed by atoms with E-state index in [0.717, 1.165) is 46.1 Å². The summed E-state index contributed by atoms with van der Waals surface area (Å²) in [7, 11) is 1.67. The molecular weight excluding hydrogens is 270 g/mol. The van der Waals surface area contributed by atoms with Crippen LogP contribution < -0.4 is 10.5 Å². The molecule has 0 amide bonds. The Hall–Kier alpha value is -2.01. The highest BCUT2D eigenvalue weighted by Gasteiger charge is 2.15. The zero-order chi connectivity index (χ0) is 14.1. The number of nitrogens with two attached hydrogens (primary N) is 1. The lowest BCUT2D eigenvalue weighted by Crippen LogP contribution is -2.00. The van der Waals surface area contributed by atoms with Crippen molar-refractivity contribution in [2.45, 2.75) is 19.9 Å². The number of anilines is 1. The van der Waals surface area contributed by atoms with Crippen LogP contribution in [0.25, 0.3) is 21.7 Å². The fourth-order valence-electron chi connectivity index (χ4n) is 2.36. The minimum absolute atomic E-state index is 0.787. The fourth-order valence-corrected chi connectivity index (χ4v) is 3.18. The van der Waals surface area contributed by atoms with Crippen LogP contribution in [0.1, 0.15) is 13.3 Å². The van der Waals surface area contributed by atoms with Crippen LogP contribution in [0.2, 0.25) is 0 Å². The van der Waals surface area contributed by atoms with E-state index in [-0.39, 0.29) is 0 Å². The number of fused-ring (bicyclic) bond motifs is 1. The quantitative estimate of drug-likeness (QED) is 0.794. The van der Waals surface area contributed by atoms with E-state index in [1.165, 1.54) is 0 Å². The van der Waals surface area contributed by atoms with Crippen LogP contribution in [-0.2, 0) is 6.54 Å². The van der Waals surface area contributed by atoms with E-state index in [2.05, 4.69) is 17.6 Å². The number of hydrogen-bond donors (Lipinski definition) is 1. The molecule has 0 atom stereocenters. The summed E-state index contributed by atoms with van der Waals surface area (Å²) in [5.74, 6) is 1.77. The van der Waals surface area contributed by atoms with Gasteiger partial charge >= 0.3 is 0 Å². The maximum atomic E-state index is 6.05. The van der Waals surface area contributed by atoms with Gasteiger partial charge in [0.05, 0.1) is 28.7 Å². The number of rotatable bonds is 4. The molecule has 0 fully saturated rings. The van der Waals surface area contributed by atoms with Gasteiger partial charge in [0.15, 0.2) is 5.82 Å². The first-order chi connectivity index (χ1) is 9.74. The van der Waals surface area contributed by atoms with Crippen LogP contribution in [0, 0.1) is 0 Å². The standard InChI is InChI=1S/C15H17N3OS/c1-3-7-18-13-5-4-10(19-2)9-12(13)17-15(18)14-11(16)6-8-20-14/h4-6,8-9H,3,7,16H2,1-2H3. The Kier molecular flexibility index (Phi) is 3.36. The van der Waals surface area contributed by atoms with Crippen molar-refractivity contribution in [2.24, 2.45) is 0 Å². The first-order valence-corrected chi connectivity index (χ1v) is 7.50. The van der Waals surface area contributed by atoms with Gasteiger partial charge in [0.25, 0.3) is 0 Å². The van der Waals surface area contributed by atoms with E-state index in [4.69, 9.17) is 15.5 Å². The van der Waals surface area contributed by atoms with Gasteiger partial charge in [-0.2, -0.15) is 0 Å². The molecular formula is C15H17N3OS. The van der Waals surface area contributed by atoms with Crippen LogP contribution >= 0.6 is 11.3 Å². The maximum Gasteiger partial charge on any atom is 0.153 e. The second kappa shape index (κ2) is 5.17. The maximum absolute atomic E-state index is 6.05. The predicted molar refractivity (Wildman–Crippen MR) is 84.3 cm³/mol. The molecule has 0 saturated carbocycles. The third-order valence-corrected chi connectivity index (χ3v) is 4.23. The molecule has 0 saturated heterocycles. The fraction of sp³-hybridized carbons (Fsp3) is 0.267. The van der Waals surface area contributed by atoms with Gasteiger partial charge < -0.3 is 15.0 Å². The van der Waals surface area contributed by atoms with Gasteiger partial charge in [0.2, 0.25) is 0 Å². The van der Waals surface area contributed by atoms with E-state index in [1.807, 2.05) is 23.6 Å². The summed E-state index contributed by atoms with van der Waals surface area (Å²) in [4.78, 5) is 5.79. The Labute approximate surface area is 121 Å². The molecule has 0 aliphatic rings. The molecule has 1 aromatic carbocycles. The van der Waals surface area contributed by atoms with Crippen LogP contribution in [0.4, 0.5) is 5.69 Å². The molecule has 2 heterocycles. The van der Waals surface area contributed by atoms with Crippen molar-refractivity contribution in [1.29, 1.82) is 0 Å². The van der Waals surface area contributed by atoms with Crippen LogP contribution in [0.15, 0.2) is 29.6 Å². The zero-order valence-corrected chi connectivity index (χ0v) is 12.4. The van der Waals surface area contributed by atoms with Crippen molar-refractivity contribution in [3.8, 4) is 16.5 Å². The molecule has 2 N–H and O–H groups in total. The number of imidazole rings is 1. The average molecular weight is 287 g/mol. The molecule has 4 nitrogen and oxygen atoms in total. The Bertz CT molecular complexity index is 745. The number of aromatic nitrogens is 2. The minimum atomic E-state index is 0.787. The van der Waals surface area contributed by atoms with Gasteiger partial charge in [-0.3, -0.25) is 0 Å². The number of nitrogen functional groups attached to an aromatic ring is 1. The highest BCUT2D eigenvalue weighted by Crippen LogP contribution is 2.34. The van der Waals surface area contributed by atoms with Crippen LogP contribution in [0.5, 0.6) is 5.75 Å². The van der Waals surface area contributed by atoms with E-state index in [1.54, 1.807) is 18.4 Å². The summed E-state index contributed by atoms with van der Waals surface area (Å²) in [5.41, 5.74) is 8.90. The molecule has 20 heavy (non-hydrogen) atoms. The van der Waals surface area contributed by atoms with Crippen LogP contribution in [0.3, 0.4) is 0 Å².